The van der Waals surface area contributed by atoms with Gasteiger partial charge in [-0.15, -0.1) is 0 Å². The lowest BCUT2D eigenvalue weighted by atomic mass is 9.84. The van der Waals surface area contributed by atoms with Crippen LogP contribution in [0.4, 0.5) is 0 Å². The molecule has 0 amide bonds. The number of likely N-dealkylation sites (tertiary alicyclic amines) is 1. The Kier molecular flexibility index (Phi) is 4.00. The molecule has 0 aromatic heterocycles. The van der Waals surface area contributed by atoms with E-state index >= 15 is 0 Å². The molecule has 0 aromatic rings. The molecular formula is C12H27N3O. The fourth-order valence-electron chi connectivity index (χ4n) is 2.44. The van der Waals surface area contributed by atoms with Gasteiger partial charge in [-0.2, -0.15) is 0 Å². The normalized spacial score (nSPS) is 26.1. The number of hydrogen-bond acceptors (Lipinski definition) is 4. The highest BCUT2D eigenvalue weighted by molar-refractivity contribution is 4.97. The van der Waals surface area contributed by atoms with Crippen molar-refractivity contribution in [2.24, 2.45) is 11.5 Å². The van der Waals surface area contributed by atoms with E-state index in [0.717, 1.165) is 25.8 Å². The van der Waals surface area contributed by atoms with Crippen LogP contribution >= 0.6 is 0 Å². The van der Waals surface area contributed by atoms with Gasteiger partial charge in [-0.25, -0.2) is 0 Å². The summed E-state index contributed by atoms with van der Waals surface area (Å²) in [4.78, 5) is 2.11. The Morgan fingerprint density at radius 3 is 2.19 bits per heavy atom. The van der Waals surface area contributed by atoms with E-state index < -0.39 is 0 Å². The molecule has 0 spiro atoms. The SMILES string of the molecule is CC(C)(N)CC(N1CCCC1O)C(C)(C)N. The Morgan fingerprint density at radius 2 is 1.88 bits per heavy atom. The summed E-state index contributed by atoms with van der Waals surface area (Å²) in [5.74, 6) is 0. The molecule has 0 radical (unpaired) electrons. The topological polar surface area (TPSA) is 75.5 Å². The second-order valence-electron chi connectivity index (χ2n) is 6.39. The third kappa shape index (κ3) is 3.70. The summed E-state index contributed by atoms with van der Waals surface area (Å²) in [6, 6.07) is 0.130. The molecule has 0 aliphatic carbocycles. The molecule has 16 heavy (non-hydrogen) atoms. The lowest BCUT2D eigenvalue weighted by Crippen LogP contribution is -2.59. The summed E-state index contributed by atoms with van der Waals surface area (Å²) in [6.07, 6.45) is 2.33. The maximum absolute atomic E-state index is 9.95. The molecule has 0 aromatic carbocycles. The molecule has 2 atom stereocenters. The number of rotatable bonds is 4. The molecule has 1 aliphatic rings. The molecule has 0 saturated carbocycles. The first-order valence-corrected chi connectivity index (χ1v) is 6.13. The van der Waals surface area contributed by atoms with Crippen LogP contribution in [0.25, 0.3) is 0 Å². The van der Waals surface area contributed by atoms with Crippen LogP contribution in [0.1, 0.15) is 47.0 Å². The van der Waals surface area contributed by atoms with Gasteiger partial charge in [-0.1, -0.05) is 0 Å². The van der Waals surface area contributed by atoms with Gasteiger partial charge in [0.05, 0.1) is 0 Å². The highest BCUT2D eigenvalue weighted by Crippen LogP contribution is 2.28. The minimum Gasteiger partial charge on any atom is -0.378 e. The smallest absolute Gasteiger partial charge is 0.107 e. The highest BCUT2D eigenvalue weighted by atomic mass is 16.3. The summed E-state index contributed by atoms with van der Waals surface area (Å²) >= 11 is 0. The number of hydrogen-bond donors (Lipinski definition) is 3. The molecule has 4 nitrogen and oxygen atoms in total. The van der Waals surface area contributed by atoms with Crippen molar-refractivity contribution in [3.05, 3.63) is 0 Å². The van der Waals surface area contributed by atoms with Crippen LogP contribution in [0.5, 0.6) is 0 Å². The monoisotopic (exact) mass is 229 g/mol. The van der Waals surface area contributed by atoms with Crippen LogP contribution in [0.2, 0.25) is 0 Å². The molecule has 1 saturated heterocycles. The third-order valence-corrected chi connectivity index (χ3v) is 3.24. The van der Waals surface area contributed by atoms with Gasteiger partial charge >= 0.3 is 0 Å². The van der Waals surface area contributed by atoms with Crippen molar-refractivity contribution in [2.75, 3.05) is 6.54 Å². The number of nitrogens with zero attached hydrogens (tertiary/aromatic N) is 1. The molecule has 0 bridgehead atoms. The van der Waals surface area contributed by atoms with Crippen LogP contribution in [0.15, 0.2) is 0 Å². The average Bonchev–Trinajstić information content (AvgIpc) is 2.43. The zero-order valence-electron chi connectivity index (χ0n) is 11.0. The second kappa shape index (κ2) is 4.61. The van der Waals surface area contributed by atoms with Crippen LogP contribution < -0.4 is 11.5 Å². The molecule has 4 heteroatoms. The van der Waals surface area contributed by atoms with Gasteiger partial charge in [-0.05, 0) is 47.0 Å². The lowest BCUT2D eigenvalue weighted by molar-refractivity contribution is -0.0186. The van der Waals surface area contributed by atoms with E-state index in [9.17, 15) is 5.11 Å². The van der Waals surface area contributed by atoms with Gasteiger partial charge in [-0.3, -0.25) is 4.90 Å². The minimum atomic E-state index is -0.352. The summed E-state index contributed by atoms with van der Waals surface area (Å²) in [6.45, 7) is 8.95. The quantitative estimate of drug-likeness (QED) is 0.661. The zero-order chi connectivity index (χ0) is 12.6. The highest BCUT2D eigenvalue weighted by Gasteiger charge is 2.38. The molecular weight excluding hydrogens is 202 g/mol. The van der Waals surface area contributed by atoms with Gasteiger partial charge in [0.15, 0.2) is 0 Å². The molecule has 1 fully saturated rings. The van der Waals surface area contributed by atoms with Crippen molar-refractivity contribution in [2.45, 2.75) is 70.3 Å². The van der Waals surface area contributed by atoms with E-state index in [1.165, 1.54) is 0 Å². The molecule has 1 heterocycles. The Labute approximate surface area is 99.0 Å². The number of aliphatic hydroxyl groups is 1. The Hall–Kier alpha value is -0.160. The van der Waals surface area contributed by atoms with Crippen molar-refractivity contribution < 1.29 is 5.11 Å². The van der Waals surface area contributed by atoms with Crippen LogP contribution in [0, 0.1) is 0 Å². The van der Waals surface area contributed by atoms with Crippen molar-refractivity contribution in [3.63, 3.8) is 0 Å². The zero-order valence-corrected chi connectivity index (χ0v) is 11.0. The van der Waals surface area contributed by atoms with Gasteiger partial charge in [0, 0.05) is 23.7 Å². The lowest BCUT2D eigenvalue weighted by Gasteiger charge is -2.42. The molecule has 96 valence electrons. The maximum atomic E-state index is 9.95. The fourth-order valence-corrected chi connectivity index (χ4v) is 2.44. The molecule has 5 N–H and O–H groups in total. The minimum absolute atomic E-state index is 0.130. The van der Waals surface area contributed by atoms with E-state index in [4.69, 9.17) is 11.5 Å². The average molecular weight is 229 g/mol. The van der Waals surface area contributed by atoms with E-state index in [0.29, 0.717) is 0 Å². The first-order chi connectivity index (χ1) is 7.11. The largest absolute Gasteiger partial charge is 0.378 e. The predicted octanol–water partition coefficient (Wildman–Crippen LogP) is 0.634. The number of nitrogens with two attached hydrogens (primary N) is 2. The van der Waals surface area contributed by atoms with E-state index in [1.807, 2.05) is 27.7 Å². The molecule has 1 aliphatic heterocycles. The van der Waals surface area contributed by atoms with Crippen LogP contribution in [0.3, 0.4) is 0 Å². The van der Waals surface area contributed by atoms with E-state index in [2.05, 4.69) is 4.90 Å². The van der Waals surface area contributed by atoms with E-state index in [1.54, 1.807) is 0 Å². The first-order valence-electron chi connectivity index (χ1n) is 6.13. The summed E-state index contributed by atoms with van der Waals surface area (Å²) in [5.41, 5.74) is 11.7. The Bertz CT molecular complexity index is 229. The molecule has 2 unspecified atom stereocenters. The van der Waals surface area contributed by atoms with Gasteiger partial charge in [0.1, 0.15) is 6.23 Å². The van der Waals surface area contributed by atoms with Gasteiger partial charge < -0.3 is 16.6 Å². The van der Waals surface area contributed by atoms with Crippen molar-refractivity contribution in [1.29, 1.82) is 0 Å². The third-order valence-electron chi connectivity index (χ3n) is 3.24. The summed E-state index contributed by atoms with van der Waals surface area (Å²) < 4.78 is 0. The van der Waals surface area contributed by atoms with Crippen molar-refractivity contribution in [1.82, 2.24) is 4.90 Å². The van der Waals surface area contributed by atoms with Gasteiger partial charge in [0.25, 0.3) is 0 Å². The predicted molar refractivity (Wildman–Crippen MR) is 66.9 cm³/mol. The standard InChI is InChI=1S/C12H27N3O/c1-11(2,13)8-9(12(3,4)14)15-7-5-6-10(15)16/h9-10,16H,5-8,13-14H2,1-4H3. The second-order valence-corrected chi connectivity index (χ2v) is 6.39. The first kappa shape index (κ1) is 13.9. The van der Waals surface area contributed by atoms with Crippen LogP contribution in [-0.2, 0) is 0 Å². The summed E-state index contributed by atoms with van der Waals surface area (Å²) in [7, 11) is 0. The number of aliphatic hydroxyl groups excluding tert-OH is 1. The maximum Gasteiger partial charge on any atom is 0.107 e. The van der Waals surface area contributed by atoms with Crippen molar-refractivity contribution in [3.8, 4) is 0 Å². The fraction of sp³-hybridized carbons (Fsp3) is 1.00. The van der Waals surface area contributed by atoms with Gasteiger partial charge in [0.2, 0.25) is 0 Å². The Morgan fingerprint density at radius 1 is 1.31 bits per heavy atom. The van der Waals surface area contributed by atoms with Crippen LogP contribution in [-0.4, -0.2) is 39.9 Å². The van der Waals surface area contributed by atoms with E-state index in [-0.39, 0.29) is 23.3 Å². The summed E-state index contributed by atoms with van der Waals surface area (Å²) in [5, 5.41) is 9.95. The van der Waals surface area contributed by atoms with Crippen molar-refractivity contribution >= 4 is 0 Å². The molecule has 1 rings (SSSR count). The Balaban J connectivity index is 2.79.